The molecule has 1 aliphatic heterocycles. The number of hydrogen-bond acceptors (Lipinski definition) is 4. The highest BCUT2D eigenvalue weighted by Crippen LogP contribution is 2.14. The Bertz CT molecular complexity index is 735. The van der Waals surface area contributed by atoms with E-state index in [9.17, 15) is 9.18 Å². The Hall–Kier alpha value is -2.50. The highest BCUT2D eigenvalue weighted by Gasteiger charge is 2.09. The fourth-order valence-corrected chi connectivity index (χ4v) is 2.67. The van der Waals surface area contributed by atoms with Crippen LogP contribution in [0.2, 0.25) is 0 Å². The molecule has 0 amide bonds. The molecule has 2 aromatic rings. The summed E-state index contributed by atoms with van der Waals surface area (Å²) in [5.74, 6) is 0.297. The maximum atomic E-state index is 12.9. The van der Waals surface area contributed by atoms with E-state index in [1.165, 1.54) is 30.3 Å². The van der Waals surface area contributed by atoms with Gasteiger partial charge in [-0.2, -0.15) is 0 Å². The van der Waals surface area contributed by atoms with E-state index < -0.39 is 0 Å². The summed E-state index contributed by atoms with van der Waals surface area (Å²) in [5, 5.41) is 0. The number of benzene rings is 2. The van der Waals surface area contributed by atoms with Gasteiger partial charge in [0.05, 0.1) is 13.2 Å². The number of hydrogen-bond donors (Lipinski definition) is 0. The van der Waals surface area contributed by atoms with Crippen LogP contribution in [0, 0.1) is 5.82 Å². The van der Waals surface area contributed by atoms with Crippen LogP contribution in [0.5, 0.6) is 5.75 Å². The molecule has 0 bridgehead atoms. The molecule has 0 atom stereocenters. The van der Waals surface area contributed by atoms with E-state index in [2.05, 4.69) is 4.90 Å². The predicted octanol–water partition coefficient (Wildman–Crippen LogP) is 3.43. The van der Waals surface area contributed by atoms with E-state index in [1.54, 1.807) is 6.08 Å². The molecule has 1 fully saturated rings. The zero-order valence-corrected chi connectivity index (χ0v) is 14.6. The lowest BCUT2D eigenvalue weighted by molar-refractivity contribution is 0.0322. The molecule has 2 aromatic carbocycles. The van der Waals surface area contributed by atoms with E-state index in [-0.39, 0.29) is 11.6 Å². The van der Waals surface area contributed by atoms with Gasteiger partial charge in [0.15, 0.2) is 5.78 Å². The molecule has 4 nitrogen and oxygen atoms in total. The molecule has 1 aliphatic rings. The average Bonchev–Trinajstić information content (AvgIpc) is 2.68. The first-order valence-corrected chi connectivity index (χ1v) is 8.72. The minimum absolute atomic E-state index is 0.157. The van der Waals surface area contributed by atoms with Gasteiger partial charge >= 0.3 is 0 Å². The number of halogens is 1. The number of allylic oxidation sites excluding steroid dienone is 1. The van der Waals surface area contributed by atoms with Crippen molar-refractivity contribution in [3.63, 3.8) is 0 Å². The van der Waals surface area contributed by atoms with Gasteiger partial charge in [-0.05, 0) is 48.0 Å². The van der Waals surface area contributed by atoms with Crippen LogP contribution in [0.25, 0.3) is 6.08 Å². The van der Waals surface area contributed by atoms with E-state index in [0.717, 1.165) is 44.2 Å². The summed E-state index contributed by atoms with van der Waals surface area (Å²) in [6.45, 7) is 5.01. The molecule has 0 aromatic heterocycles. The van der Waals surface area contributed by atoms with Gasteiger partial charge in [-0.25, -0.2) is 4.39 Å². The van der Waals surface area contributed by atoms with Crippen molar-refractivity contribution in [2.45, 2.75) is 0 Å². The van der Waals surface area contributed by atoms with Gasteiger partial charge in [-0.3, -0.25) is 9.69 Å². The first-order chi connectivity index (χ1) is 12.7. The van der Waals surface area contributed by atoms with Gasteiger partial charge in [0.1, 0.15) is 18.2 Å². The number of morpholine rings is 1. The largest absolute Gasteiger partial charge is 0.492 e. The normalized spacial score (nSPS) is 15.3. The Balaban J connectivity index is 1.47. The van der Waals surface area contributed by atoms with E-state index in [0.29, 0.717) is 12.2 Å². The molecule has 136 valence electrons. The van der Waals surface area contributed by atoms with Crippen LogP contribution in [0.15, 0.2) is 54.6 Å². The van der Waals surface area contributed by atoms with E-state index in [1.807, 2.05) is 24.3 Å². The minimum atomic E-state index is -0.352. The summed E-state index contributed by atoms with van der Waals surface area (Å²) in [6.07, 6.45) is 3.23. The molecule has 3 rings (SSSR count). The average molecular weight is 355 g/mol. The second kappa shape index (κ2) is 9.27. The number of carbonyl (C=O) groups excluding carboxylic acids is 1. The van der Waals surface area contributed by atoms with Crippen LogP contribution >= 0.6 is 0 Å². The van der Waals surface area contributed by atoms with Crippen molar-refractivity contribution in [3.8, 4) is 5.75 Å². The van der Waals surface area contributed by atoms with Crippen molar-refractivity contribution in [1.82, 2.24) is 4.90 Å². The first kappa shape index (κ1) is 18.3. The van der Waals surface area contributed by atoms with Crippen molar-refractivity contribution in [2.24, 2.45) is 0 Å². The fourth-order valence-electron chi connectivity index (χ4n) is 2.67. The van der Waals surface area contributed by atoms with Crippen LogP contribution in [0.4, 0.5) is 4.39 Å². The van der Waals surface area contributed by atoms with Gasteiger partial charge < -0.3 is 9.47 Å². The molecule has 1 saturated heterocycles. The number of ketones is 1. The van der Waals surface area contributed by atoms with Crippen molar-refractivity contribution >= 4 is 11.9 Å². The van der Waals surface area contributed by atoms with Crippen LogP contribution < -0.4 is 4.74 Å². The maximum absolute atomic E-state index is 12.9. The number of rotatable bonds is 7. The van der Waals surface area contributed by atoms with Crippen molar-refractivity contribution < 1.29 is 18.7 Å². The standard InChI is InChI=1S/C21H22FNO3/c22-19-6-4-18(5-7-19)21(24)10-3-17-1-8-20(9-2-17)26-16-13-23-11-14-25-15-12-23/h1-10H,11-16H2/b10-3+. The topological polar surface area (TPSA) is 38.8 Å². The monoisotopic (exact) mass is 355 g/mol. The molecule has 0 spiro atoms. The number of ether oxygens (including phenoxy) is 2. The first-order valence-electron chi connectivity index (χ1n) is 8.72. The Morgan fingerprint density at radius 1 is 1.08 bits per heavy atom. The SMILES string of the molecule is O=C(/C=C/c1ccc(OCCN2CCOCC2)cc1)c1ccc(F)cc1. The lowest BCUT2D eigenvalue weighted by atomic mass is 10.1. The molecular formula is C21H22FNO3. The van der Waals surface area contributed by atoms with Crippen molar-refractivity contribution in [2.75, 3.05) is 39.5 Å². The second-order valence-electron chi connectivity index (χ2n) is 6.08. The Kier molecular flexibility index (Phi) is 6.52. The third-order valence-corrected chi connectivity index (χ3v) is 4.22. The Morgan fingerprint density at radius 2 is 1.77 bits per heavy atom. The summed E-state index contributed by atoms with van der Waals surface area (Å²) in [7, 11) is 0. The highest BCUT2D eigenvalue weighted by molar-refractivity contribution is 6.06. The third kappa shape index (κ3) is 5.51. The lowest BCUT2D eigenvalue weighted by Crippen LogP contribution is -2.38. The van der Waals surface area contributed by atoms with Crippen LogP contribution in [-0.2, 0) is 4.74 Å². The smallest absolute Gasteiger partial charge is 0.185 e. The van der Waals surface area contributed by atoms with E-state index >= 15 is 0 Å². The quantitative estimate of drug-likeness (QED) is 0.563. The molecule has 0 radical (unpaired) electrons. The lowest BCUT2D eigenvalue weighted by Gasteiger charge is -2.26. The van der Waals surface area contributed by atoms with Gasteiger partial charge in [0, 0.05) is 25.2 Å². The summed E-state index contributed by atoms with van der Waals surface area (Å²) >= 11 is 0. The molecular weight excluding hydrogens is 333 g/mol. The highest BCUT2D eigenvalue weighted by atomic mass is 19.1. The van der Waals surface area contributed by atoms with Crippen LogP contribution in [-0.4, -0.2) is 50.1 Å². The summed E-state index contributed by atoms with van der Waals surface area (Å²) in [6, 6.07) is 13.1. The minimum Gasteiger partial charge on any atom is -0.492 e. The zero-order valence-electron chi connectivity index (χ0n) is 14.6. The van der Waals surface area contributed by atoms with Gasteiger partial charge in [-0.15, -0.1) is 0 Å². The molecule has 0 N–H and O–H groups in total. The van der Waals surface area contributed by atoms with Gasteiger partial charge in [0.2, 0.25) is 0 Å². The number of carbonyl (C=O) groups is 1. The summed E-state index contributed by atoms with van der Waals surface area (Å²) in [4.78, 5) is 14.4. The van der Waals surface area contributed by atoms with Crippen molar-refractivity contribution in [3.05, 3.63) is 71.6 Å². The Labute approximate surface area is 152 Å². The molecule has 1 heterocycles. The summed E-state index contributed by atoms with van der Waals surface area (Å²) < 4.78 is 24.0. The predicted molar refractivity (Wildman–Crippen MR) is 99.0 cm³/mol. The molecule has 26 heavy (non-hydrogen) atoms. The maximum Gasteiger partial charge on any atom is 0.185 e. The molecule has 5 heteroatoms. The zero-order chi connectivity index (χ0) is 18.2. The van der Waals surface area contributed by atoms with Gasteiger partial charge in [0.25, 0.3) is 0 Å². The van der Waals surface area contributed by atoms with E-state index in [4.69, 9.17) is 9.47 Å². The second-order valence-corrected chi connectivity index (χ2v) is 6.08. The molecule has 0 unspecified atom stereocenters. The third-order valence-electron chi connectivity index (χ3n) is 4.22. The van der Waals surface area contributed by atoms with Gasteiger partial charge in [-0.1, -0.05) is 18.2 Å². The number of nitrogens with zero attached hydrogens (tertiary/aromatic N) is 1. The van der Waals surface area contributed by atoms with Crippen molar-refractivity contribution in [1.29, 1.82) is 0 Å². The molecule has 0 aliphatic carbocycles. The summed E-state index contributed by atoms with van der Waals surface area (Å²) in [5.41, 5.74) is 1.37. The van der Waals surface area contributed by atoms with Crippen LogP contribution in [0.1, 0.15) is 15.9 Å². The molecule has 0 saturated carbocycles. The Morgan fingerprint density at radius 3 is 2.46 bits per heavy atom. The fraction of sp³-hybridized carbons (Fsp3) is 0.286. The van der Waals surface area contributed by atoms with Crippen LogP contribution in [0.3, 0.4) is 0 Å².